The molecule has 0 aliphatic carbocycles. The third kappa shape index (κ3) is 7.55. The Morgan fingerprint density at radius 2 is 1.61 bits per heavy atom. The van der Waals surface area contributed by atoms with Crippen LogP contribution in [0.5, 0.6) is 11.5 Å². The van der Waals surface area contributed by atoms with Crippen LogP contribution < -0.4 is 9.47 Å². The Balaban J connectivity index is 1.72. The van der Waals surface area contributed by atoms with Gasteiger partial charge in [-0.25, -0.2) is 0 Å². The highest BCUT2D eigenvalue weighted by Crippen LogP contribution is 2.22. The number of unbranched alkanes of at least 4 members (excludes halogenated alkanes) is 2. The van der Waals surface area contributed by atoms with Crippen molar-refractivity contribution in [3.8, 4) is 11.5 Å². The van der Waals surface area contributed by atoms with Crippen LogP contribution in [0.25, 0.3) is 0 Å². The fraction of sp³-hybridized carbons (Fsp3) is 0.520. The summed E-state index contributed by atoms with van der Waals surface area (Å²) in [6.07, 6.45) is 5.59. The zero-order valence-corrected chi connectivity index (χ0v) is 17.9. The first-order valence-corrected chi connectivity index (χ1v) is 10.7. The van der Waals surface area contributed by atoms with Crippen LogP contribution in [0.1, 0.15) is 70.4 Å². The lowest BCUT2D eigenvalue weighted by Crippen LogP contribution is -2.20. The van der Waals surface area contributed by atoms with E-state index >= 15 is 0 Å². The summed E-state index contributed by atoms with van der Waals surface area (Å²) in [4.78, 5) is 0. The third-order valence-electron chi connectivity index (χ3n) is 5.08. The standard InChI is InChI=1S/C25H36O3/c1-5-7-8-11-23-12-9-10-13-25(23)27-19-18-26-21(4)28-24-16-14-22(15-17-24)20(3)6-2/h9-10,12-17,20-21H,5-8,11,18-19H2,1-4H3. The fourth-order valence-corrected chi connectivity index (χ4v) is 3.12. The molecule has 154 valence electrons. The molecule has 0 fully saturated rings. The summed E-state index contributed by atoms with van der Waals surface area (Å²) < 4.78 is 17.5. The predicted molar refractivity (Wildman–Crippen MR) is 116 cm³/mol. The van der Waals surface area contributed by atoms with E-state index in [0.29, 0.717) is 19.1 Å². The molecule has 0 saturated heterocycles. The lowest BCUT2D eigenvalue weighted by molar-refractivity contribution is -0.0739. The van der Waals surface area contributed by atoms with Gasteiger partial charge in [-0.3, -0.25) is 0 Å². The molecule has 0 spiro atoms. The van der Waals surface area contributed by atoms with Gasteiger partial charge in [0.25, 0.3) is 0 Å². The Bertz CT molecular complexity index is 666. The van der Waals surface area contributed by atoms with Gasteiger partial charge in [0, 0.05) is 0 Å². The number of hydrogen-bond acceptors (Lipinski definition) is 3. The average molecular weight is 385 g/mol. The van der Waals surface area contributed by atoms with Crippen molar-refractivity contribution in [1.29, 1.82) is 0 Å². The highest BCUT2D eigenvalue weighted by molar-refractivity contribution is 5.33. The second-order valence-electron chi connectivity index (χ2n) is 7.35. The summed E-state index contributed by atoms with van der Waals surface area (Å²) in [5.41, 5.74) is 2.62. The van der Waals surface area contributed by atoms with Gasteiger partial charge < -0.3 is 14.2 Å². The first-order chi connectivity index (χ1) is 13.6. The maximum Gasteiger partial charge on any atom is 0.197 e. The van der Waals surface area contributed by atoms with Crippen LogP contribution in [0.3, 0.4) is 0 Å². The SMILES string of the molecule is CCCCCc1ccccc1OCCOC(C)Oc1ccc(C(C)CC)cc1. The van der Waals surface area contributed by atoms with Crippen molar-refractivity contribution in [1.82, 2.24) is 0 Å². The lowest BCUT2D eigenvalue weighted by Gasteiger charge is -2.17. The molecule has 0 aliphatic rings. The number of para-hydroxylation sites is 1. The maximum atomic E-state index is 5.94. The molecule has 0 radical (unpaired) electrons. The van der Waals surface area contributed by atoms with E-state index in [1.165, 1.54) is 30.4 Å². The zero-order chi connectivity index (χ0) is 20.2. The van der Waals surface area contributed by atoms with Gasteiger partial charge in [0.2, 0.25) is 0 Å². The molecule has 2 unspecified atom stereocenters. The van der Waals surface area contributed by atoms with Gasteiger partial charge in [-0.05, 0) is 61.4 Å². The third-order valence-corrected chi connectivity index (χ3v) is 5.08. The van der Waals surface area contributed by atoms with E-state index in [4.69, 9.17) is 14.2 Å². The number of aryl methyl sites for hydroxylation is 1. The first kappa shape index (κ1) is 22.3. The Morgan fingerprint density at radius 1 is 0.857 bits per heavy atom. The van der Waals surface area contributed by atoms with Gasteiger partial charge in [-0.2, -0.15) is 0 Å². The van der Waals surface area contributed by atoms with Crippen LogP contribution in [0.2, 0.25) is 0 Å². The number of ether oxygens (including phenoxy) is 3. The quantitative estimate of drug-likeness (QED) is 0.282. The van der Waals surface area contributed by atoms with E-state index in [1.54, 1.807) is 0 Å². The minimum absolute atomic E-state index is 0.308. The molecule has 0 saturated carbocycles. The number of hydrogen-bond donors (Lipinski definition) is 0. The Morgan fingerprint density at radius 3 is 2.32 bits per heavy atom. The van der Waals surface area contributed by atoms with Crippen molar-refractivity contribution in [2.75, 3.05) is 13.2 Å². The van der Waals surface area contributed by atoms with Gasteiger partial charge in [-0.15, -0.1) is 0 Å². The Kier molecular flexibility index (Phi) is 9.92. The summed E-state index contributed by atoms with van der Waals surface area (Å²) in [6.45, 7) is 9.60. The van der Waals surface area contributed by atoms with Gasteiger partial charge in [0.15, 0.2) is 6.29 Å². The number of benzene rings is 2. The van der Waals surface area contributed by atoms with E-state index in [0.717, 1.165) is 24.3 Å². The van der Waals surface area contributed by atoms with Crippen LogP contribution in [0, 0.1) is 0 Å². The summed E-state index contributed by atoms with van der Waals surface area (Å²) in [6, 6.07) is 16.6. The highest BCUT2D eigenvalue weighted by Gasteiger charge is 2.07. The molecule has 3 nitrogen and oxygen atoms in total. The molecule has 0 bridgehead atoms. The minimum Gasteiger partial charge on any atom is -0.491 e. The first-order valence-electron chi connectivity index (χ1n) is 10.7. The van der Waals surface area contributed by atoms with Crippen LogP contribution in [-0.2, 0) is 11.2 Å². The van der Waals surface area contributed by atoms with Crippen molar-refractivity contribution in [3.63, 3.8) is 0 Å². The van der Waals surface area contributed by atoms with E-state index in [2.05, 4.69) is 45.0 Å². The second-order valence-corrected chi connectivity index (χ2v) is 7.35. The summed E-state index contributed by atoms with van der Waals surface area (Å²) in [5, 5.41) is 0. The molecule has 0 amide bonds. The molecule has 0 N–H and O–H groups in total. The zero-order valence-electron chi connectivity index (χ0n) is 17.9. The van der Waals surface area contributed by atoms with Crippen LogP contribution in [0.15, 0.2) is 48.5 Å². The largest absolute Gasteiger partial charge is 0.491 e. The molecule has 2 atom stereocenters. The van der Waals surface area contributed by atoms with Crippen LogP contribution in [-0.4, -0.2) is 19.5 Å². The molecule has 0 heterocycles. The van der Waals surface area contributed by atoms with E-state index in [-0.39, 0.29) is 6.29 Å². The minimum atomic E-state index is -0.308. The molecule has 28 heavy (non-hydrogen) atoms. The van der Waals surface area contributed by atoms with Crippen LogP contribution in [0.4, 0.5) is 0 Å². The van der Waals surface area contributed by atoms with Gasteiger partial charge >= 0.3 is 0 Å². The molecule has 2 aromatic carbocycles. The van der Waals surface area contributed by atoms with Gasteiger partial charge in [-0.1, -0.05) is 63.9 Å². The molecule has 0 aliphatic heterocycles. The maximum absolute atomic E-state index is 5.94. The molecular weight excluding hydrogens is 348 g/mol. The molecule has 2 rings (SSSR count). The van der Waals surface area contributed by atoms with Crippen molar-refractivity contribution in [3.05, 3.63) is 59.7 Å². The van der Waals surface area contributed by atoms with Gasteiger partial charge in [0.05, 0.1) is 6.61 Å². The average Bonchev–Trinajstić information content (AvgIpc) is 2.72. The molecule has 0 aromatic heterocycles. The van der Waals surface area contributed by atoms with Crippen molar-refractivity contribution >= 4 is 0 Å². The molecule has 3 heteroatoms. The molecular formula is C25H36O3. The monoisotopic (exact) mass is 384 g/mol. The second kappa shape index (κ2) is 12.5. The topological polar surface area (TPSA) is 27.7 Å². The van der Waals surface area contributed by atoms with Crippen molar-refractivity contribution in [2.45, 2.75) is 72.0 Å². The summed E-state index contributed by atoms with van der Waals surface area (Å²) >= 11 is 0. The Labute approximate surface area is 171 Å². The Hall–Kier alpha value is -2.00. The van der Waals surface area contributed by atoms with Crippen molar-refractivity contribution < 1.29 is 14.2 Å². The normalized spacial score (nSPS) is 13.1. The van der Waals surface area contributed by atoms with Crippen molar-refractivity contribution in [2.24, 2.45) is 0 Å². The predicted octanol–water partition coefficient (Wildman–Crippen LogP) is 6.75. The van der Waals surface area contributed by atoms with Crippen LogP contribution >= 0.6 is 0 Å². The number of rotatable bonds is 13. The van der Waals surface area contributed by atoms with E-state index in [9.17, 15) is 0 Å². The van der Waals surface area contributed by atoms with Gasteiger partial charge in [0.1, 0.15) is 18.1 Å². The fourth-order valence-electron chi connectivity index (χ4n) is 3.12. The lowest BCUT2D eigenvalue weighted by atomic mass is 9.99. The smallest absolute Gasteiger partial charge is 0.197 e. The highest BCUT2D eigenvalue weighted by atomic mass is 16.7. The summed E-state index contributed by atoms with van der Waals surface area (Å²) in [7, 11) is 0. The van der Waals surface area contributed by atoms with E-state index < -0.39 is 0 Å². The molecule has 2 aromatic rings. The van der Waals surface area contributed by atoms with E-state index in [1.807, 2.05) is 31.2 Å². The summed E-state index contributed by atoms with van der Waals surface area (Å²) in [5.74, 6) is 2.38.